The van der Waals surface area contributed by atoms with Gasteiger partial charge in [-0.25, -0.2) is 4.39 Å². The standard InChI is InChI=1S/C29H24FN3O2S/c1-3-36(2)26-12-10-20(11-13-26)15-28(34)33-24-17-27(35-25-9-4-6-21(14-25)18-31)29(32-19-24)22-7-5-8-23(30)16-22/h4-14,16-17,19H,3,15H2,1-2H3/p+1. The van der Waals surface area contributed by atoms with Gasteiger partial charge >= 0.3 is 0 Å². The van der Waals surface area contributed by atoms with Crippen LogP contribution in [-0.4, -0.2) is 22.9 Å². The van der Waals surface area contributed by atoms with Gasteiger partial charge in [0.2, 0.25) is 5.91 Å². The molecule has 1 aromatic heterocycles. The molecule has 0 fully saturated rings. The smallest absolute Gasteiger partial charge is 0.228 e. The molecule has 0 aliphatic heterocycles. The van der Waals surface area contributed by atoms with Crippen LogP contribution in [0.1, 0.15) is 18.1 Å². The fourth-order valence-electron chi connectivity index (χ4n) is 3.60. The number of rotatable bonds is 8. The van der Waals surface area contributed by atoms with Crippen LogP contribution < -0.4 is 10.1 Å². The molecule has 3 aromatic carbocycles. The van der Waals surface area contributed by atoms with Crippen molar-refractivity contribution in [2.75, 3.05) is 17.3 Å². The summed E-state index contributed by atoms with van der Waals surface area (Å²) in [6.07, 6.45) is 3.94. The second-order valence-corrected chi connectivity index (χ2v) is 10.4. The van der Waals surface area contributed by atoms with Crippen molar-refractivity contribution >= 4 is 22.5 Å². The highest BCUT2D eigenvalue weighted by Gasteiger charge is 2.15. The molecule has 7 heteroatoms. The molecule has 180 valence electrons. The van der Waals surface area contributed by atoms with Gasteiger partial charge in [0.25, 0.3) is 0 Å². The summed E-state index contributed by atoms with van der Waals surface area (Å²) < 4.78 is 19.9. The maximum atomic E-state index is 13.9. The van der Waals surface area contributed by atoms with Gasteiger partial charge in [-0.1, -0.05) is 30.3 Å². The van der Waals surface area contributed by atoms with Crippen molar-refractivity contribution in [2.45, 2.75) is 18.2 Å². The predicted octanol–water partition coefficient (Wildman–Crippen LogP) is 6.36. The number of hydrogen-bond donors (Lipinski definition) is 1. The molecule has 1 atom stereocenters. The van der Waals surface area contributed by atoms with Crippen molar-refractivity contribution in [2.24, 2.45) is 0 Å². The first kappa shape index (κ1) is 25.0. The minimum Gasteiger partial charge on any atom is -0.455 e. The highest BCUT2D eigenvalue weighted by atomic mass is 32.2. The number of carbonyl (C=O) groups is 1. The molecule has 0 saturated carbocycles. The molecule has 1 heterocycles. The number of hydrogen-bond acceptors (Lipinski definition) is 4. The van der Waals surface area contributed by atoms with E-state index in [-0.39, 0.29) is 23.2 Å². The van der Waals surface area contributed by atoms with Crippen LogP contribution in [-0.2, 0) is 22.1 Å². The third kappa shape index (κ3) is 6.29. The van der Waals surface area contributed by atoms with E-state index in [1.807, 2.05) is 12.1 Å². The molecule has 4 aromatic rings. The van der Waals surface area contributed by atoms with Gasteiger partial charge < -0.3 is 10.1 Å². The third-order valence-corrected chi connectivity index (χ3v) is 7.49. The Morgan fingerprint density at radius 1 is 1.08 bits per heavy atom. The Morgan fingerprint density at radius 2 is 1.86 bits per heavy atom. The van der Waals surface area contributed by atoms with Gasteiger partial charge in [0.05, 0.1) is 29.9 Å². The molecule has 0 aliphatic rings. The number of aromatic nitrogens is 1. The number of pyridine rings is 1. The monoisotopic (exact) mass is 498 g/mol. The van der Waals surface area contributed by atoms with Crippen molar-refractivity contribution in [1.82, 2.24) is 4.98 Å². The number of nitrogens with one attached hydrogen (secondary N) is 1. The second-order valence-electron chi connectivity index (χ2n) is 8.12. The van der Waals surface area contributed by atoms with Gasteiger partial charge in [0, 0.05) is 22.5 Å². The van der Waals surface area contributed by atoms with Crippen LogP contribution >= 0.6 is 0 Å². The fourth-order valence-corrected chi connectivity index (χ4v) is 4.53. The first-order valence-electron chi connectivity index (χ1n) is 11.4. The van der Waals surface area contributed by atoms with E-state index in [9.17, 15) is 14.4 Å². The normalized spacial score (nSPS) is 11.4. The van der Waals surface area contributed by atoms with Gasteiger partial charge in [-0.3, -0.25) is 9.78 Å². The largest absolute Gasteiger partial charge is 0.455 e. The summed E-state index contributed by atoms with van der Waals surface area (Å²) in [5.74, 6) is 1.26. The van der Waals surface area contributed by atoms with Crippen LogP contribution in [0.15, 0.2) is 90.0 Å². The molecule has 5 nitrogen and oxygen atoms in total. The molecule has 4 rings (SSSR count). The van der Waals surface area contributed by atoms with Crippen molar-refractivity contribution in [1.29, 1.82) is 5.26 Å². The zero-order chi connectivity index (χ0) is 25.5. The molecule has 0 radical (unpaired) electrons. The predicted molar refractivity (Wildman–Crippen MR) is 142 cm³/mol. The van der Waals surface area contributed by atoms with E-state index in [1.165, 1.54) is 23.2 Å². The highest BCUT2D eigenvalue weighted by molar-refractivity contribution is 7.96. The zero-order valence-electron chi connectivity index (χ0n) is 20.0. The minimum absolute atomic E-state index is 0.188. The quantitative estimate of drug-likeness (QED) is 0.287. The van der Waals surface area contributed by atoms with Crippen LogP contribution in [0.2, 0.25) is 0 Å². The van der Waals surface area contributed by atoms with Crippen molar-refractivity contribution in [3.8, 4) is 28.8 Å². The van der Waals surface area contributed by atoms with Gasteiger partial charge in [0.15, 0.2) is 10.6 Å². The number of amides is 1. The summed E-state index contributed by atoms with van der Waals surface area (Å²) >= 11 is 0. The number of nitrogens with zero attached hydrogens (tertiary/aromatic N) is 2. The molecule has 36 heavy (non-hydrogen) atoms. The van der Waals surface area contributed by atoms with Crippen LogP contribution in [0.5, 0.6) is 11.5 Å². The summed E-state index contributed by atoms with van der Waals surface area (Å²) in [6, 6.07) is 24.6. The molecule has 0 spiro atoms. The van der Waals surface area contributed by atoms with E-state index in [2.05, 4.69) is 41.7 Å². The molecule has 1 amide bonds. The average molecular weight is 499 g/mol. The van der Waals surface area contributed by atoms with Gasteiger partial charge in [-0.2, -0.15) is 5.26 Å². The molecule has 0 bridgehead atoms. The van der Waals surface area contributed by atoms with E-state index in [0.717, 1.165) is 11.3 Å². The lowest BCUT2D eigenvalue weighted by molar-refractivity contribution is -0.115. The third-order valence-electron chi connectivity index (χ3n) is 5.55. The topological polar surface area (TPSA) is 75.0 Å². The summed E-state index contributed by atoms with van der Waals surface area (Å²) in [6.45, 7) is 2.16. The molecule has 1 unspecified atom stereocenters. The molecular formula is C29H25FN3O2S+. The number of nitriles is 1. The van der Waals surface area contributed by atoms with E-state index in [0.29, 0.717) is 34.0 Å². The maximum Gasteiger partial charge on any atom is 0.228 e. The van der Waals surface area contributed by atoms with Gasteiger partial charge in [-0.15, -0.1) is 0 Å². The number of benzene rings is 3. The SMILES string of the molecule is CC[S+](C)c1ccc(CC(=O)Nc2cnc(-c3cccc(F)c3)c(Oc3cccc(C#N)c3)c2)cc1. The van der Waals surface area contributed by atoms with Gasteiger partial charge in [-0.05, 0) is 55.0 Å². The Bertz CT molecular complexity index is 1420. The lowest BCUT2D eigenvalue weighted by Gasteiger charge is -2.13. The Hall–Kier alpha value is -4.15. The summed E-state index contributed by atoms with van der Waals surface area (Å²) in [7, 11) is 0.202. The molecule has 0 aliphatic carbocycles. The number of anilines is 1. The molecular weight excluding hydrogens is 473 g/mol. The Balaban J connectivity index is 1.57. The first-order chi connectivity index (χ1) is 17.4. The first-order valence-corrected chi connectivity index (χ1v) is 13.2. The maximum absolute atomic E-state index is 13.9. The number of carbonyl (C=O) groups excluding carboxylic acids is 1. The highest BCUT2D eigenvalue weighted by Crippen LogP contribution is 2.34. The lowest BCUT2D eigenvalue weighted by atomic mass is 10.1. The van der Waals surface area contributed by atoms with E-state index < -0.39 is 5.82 Å². The summed E-state index contributed by atoms with van der Waals surface area (Å²) in [5.41, 5.74) is 2.75. The van der Waals surface area contributed by atoms with Crippen LogP contribution in [0.4, 0.5) is 10.1 Å². The Kier molecular flexibility index (Phi) is 7.99. The average Bonchev–Trinajstić information content (AvgIpc) is 2.89. The van der Waals surface area contributed by atoms with Crippen LogP contribution in [0.3, 0.4) is 0 Å². The summed E-state index contributed by atoms with van der Waals surface area (Å²) in [4.78, 5) is 18.5. The van der Waals surface area contributed by atoms with Gasteiger partial charge in [0.1, 0.15) is 29.3 Å². The lowest BCUT2D eigenvalue weighted by Crippen LogP contribution is -2.15. The Labute approximate surface area is 212 Å². The van der Waals surface area contributed by atoms with E-state index in [1.54, 1.807) is 42.5 Å². The number of ether oxygens (including phenoxy) is 1. The van der Waals surface area contributed by atoms with Crippen LogP contribution in [0, 0.1) is 17.1 Å². The van der Waals surface area contributed by atoms with Crippen molar-refractivity contribution in [3.05, 3.63) is 102 Å². The fraction of sp³-hybridized carbons (Fsp3) is 0.138. The van der Waals surface area contributed by atoms with E-state index in [4.69, 9.17) is 4.74 Å². The Morgan fingerprint density at radius 3 is 2.58 bits per heavy atom. The molecule has 0 saturated heterocycles. The van der Waals surface area contributed by atoms with E-state index >= 15 is 0 Å². The zero-order valence-corrected chi connectivity index (χ0v) is 20.8. The van der Waals surface area contributed by atoms with Crippen LogP contribution in [0.25, 0.3) is 11.3 Å². The van der Waals surface area contributed by atoms with Crippen molar-refractivity contribution in [3.63, 3.8) is 0 Å². The minimum atomic E-state index is -0.399. The molecule has 1 N–H and O–H groups in total. The summed E-state index contributed by atoms with van der Waals surface area (Å²) in [5, 5.41) is 12.1. The second kappa shape index (κ2) is 11.5. The number of halogens is 1. The van der Waals surface area contributed by atoms with Crippen molar-refractivity contribution < 1.29 is 13.9 Å².